The minimum atomic E-state index is -0.627. The van der Waals surface area contributed by atoms with Gasteiger partial charge >= 0.3 is 0 Å². The highest BCUT2D eigenvalue weighted by atomic mass is 16.5. The summed E-state index contributed by atoms with van der Waals surface area (Å²) in [4.78, 5) is 28.8. The van der Waals surface area contributed by atoms with Crippen molar-refractivity contribution in [3.05, 3.63) is 0 Å². The quantitative estimate of drug-likeness (QED) is 0.748. The lowest BCUT2D eigenvalue weighted by atomic mass is 9.83. The average Bonchev–Trinajstić information content (AvgIpc) is 2.85. The molecule has 1 aliphatic heterocycles. The van der Waals surface area contributed by atoms with Gasteiger partial charge in [-0.3, -0.25) is 14.5 Å². The lowest BCUT2D eigenvalue weighted by molar-refractivity contribution is -0.159. The van der Waals surface area contributed by atoms with Gasteiger partial charge in [0.25, 0.3) is 5.91 Å². The van der Waals surface area contributed by atoms with Crippen molar-refractivity contribution in [2.45, 2.75) is 44.1 Å². The standard InChI is InChI=1S/C18H29N3O3/c1-3-10-19-16(22)15-20-11-7-12-21(14-13-20)17(23)18(24-2)8-5-4-6-9-18/h1H,4-15H2,2H3,(H,19,22). The fourth-order valence-corrected chi connectivity index (χ4v) is 3.66. The Bertz CT molecular complexity index is 480. The predicted molar refractivity (Wildman–Crippen MR) is 92.3 cm³/mol. The second-order valence-electron chi connectivity index (χ2n) is 6.66. The molecule has 0 aromatic rings. The third-order valence-electron chi connectivity index (χ3n) is 5.07. The summed E-state index contributed by atoms with van der Waals surface area (Å²) in [5.74, 6) is 2.47. The maximum absolute atomic E-state index is 13.0. The molecule has 1 saturated heterocycles. The van der Waals surface area contributed by atoms with E-state index in [1.807, 2.05) is 4.90 Å². The number of nitrogens with one attached hydrogen (secondary N) is 1. The molecule has 1 saturated carbocycles. The molecule has 1 N–H and O–H groups in total. The minimum absolute atomic E-state index is 0.0617. The van der Waals surface area contributed by atoms with Crippen LogP contribution >= 0.6 is 0 Å². The summed E-state index contributed by atoms with van der Waals surface area (Å²) >= 11 is 0. The largest absolute Gasteiger partial charge is 0.368 e. The molecular formula is C18H29N3O3. The van der Waals surface area contributed by atoms with Gasteiger partial charge in [0.05, 0.1) is 13.1 Å². The molecule has 0 bridgehead atoms. The van der Waals surface area contributed by atoms with Crippen LogP contribution in [0.4, 0.5) is 0 Å². The van der Waals surface area contributed by atoms with E-state index in [2.05, 4.69) is 16.1 Å². The number of methoxy groups -OCH3 is 1. The Morgan fingerprint density at radius 2 is 1.88 bits per heavy atom. The van der Waals surface area contributed by atoms with Crippen LogP contribution in [0.2, 0.25) is 0 Å². The highest BCUT2D eigenvalue weighted by Gasteiger charge is 2.42. The SMILES string of the molecule is C#CCNC(=O)CN1CCCN(C(=O)C2(OC)CCCCC2)CC1. The Labute approximate surface area is 144 Å². The van der Waals surface area contributed by atoms with Crippen molar-refractivity contribution in [2.24, 2.45) is 0 Å². The van der Waals surface area contributed by atoms with Gasteiger partial charge in [-0.2, -0.15) is 0 Å². The first-order valence-electron chi connectivity index (χ1n) is 8.88. The van der Waals surface area contributed by atoms with Gasteiger partial charge < -0.3 is 15.0 Å². The Morgan fingerprint density at radius 3 is 2.54 bits per heavy atom. The third kappa shape index (κ3) is 4.71. The van der Waals surface area contributed by atoms with Crippen LogP contribution in [0.5, 0.6) is 0 Å². The summed E-state index contributed by atoms with van der Waals surface area (Å²) in [6.45, 7) is 3.48. The van der Waals surface area contributed by atoms with Gasteiger partial charge in [0.2, 0.25) is 5.91 Å². The summed E-state index contributed by atoms with van der Waals surface area (Å²) in [6, 6.07) is 0. The van der Waals surface area contributed by atoms with Crippen molar-refractivity contribution >= 4 is 11.8 Å². The molecule has 0 unspecified atom stereocenters. The Balaban J connectivity index is 1.89. The van der Waals surface area contributed by atoms with Crippen molar-refractivity contribution in [3.8, 4) is 12.3 Å². The zero-order chi connectivity index (χ0) is 17.4. The first-order valence-corrected chi connectivity index (χ1v) is 8.88. The molecule has 134 valence electrons. The lowest BCUT2D eigenvalue weighted by Crippen LogP contribution is -2.52. The fourth-order valence-electron chi connectivity index (χ4n) is 3.66. The first kappa shape index (κ1) is 18.8. The summed E-state index contributed by atoms with van der Waals surface area (Å²) in [5.41, 5.74) is -0.627. The third-order valence-corrected chi connectivity index (χ3v) is 5.07. The van der Waals surface area contributed by atoms with Crippen molar-refractivity contribution < 1.29 is 14.3 Å². The van der Waals surface area contributed by atoms with E-state index in [0.29, 0.717) is 19.6 Å². The minimum Gasteiger partial charge on any atom is -0.368 e. The fraction of sp³-hybridized carbons (Fsp3) is 0.778. The van der Waals surface area contributed by atoms with Gasteiger partial charge in [0.15, 0.2) is 0 Å². The van der Waals surface area contributed by atoms with Crippen LogP contribution in [0.1, 0.15) is 38.5 Å². The van der Waals surface area contributed by atoms with Gasteiger partial charge in [0, 0.05) is 33.3 Å². The van der Waals surface area contributed by atoms with Gasteiger partial charge in [-0.1, -0.05) is 25.2 Å². The highest BCUT2D eigenvalue weighted by molar-refractivity contribution is 5.85. The van der Waals surface area contributed by atoms with Crippen molar-refractivity contribution in [3.63, 3.8) is 0 Å². The second kappa shape index (κ2) is 9.05. The number of hydrogen-bond donors (Lipinski definition) is 1. The Hall–Kier alpha value is -1.58. The second-order valence-corrected chi connectivity index (χ2v) is 6.66. The zero-order valence-corrected chi connectivity index (χ0v) is 14.7. The number of hydrogen-bond acceptors (Lipinski definition) is 4. The van der Waals surface area contributed by atoms with Crippen LogP contribution in [0.15, 0.2) is 0 Å². The van der Waals surface area contributed by atoms with Crippen LogP contribution in [0.3, 0.4) is 0 Å². The molecule has 1 aliphatic carbocycles. The smallest absolute Gasteiger partial charge is 0.254 e. The first-order chi connectivity index (χ1) is 11.6. The average molecular weight is 335 g/mol. The molecular weight excluding hydrogens is 306 g/mol. The van der Waals surface area contributed by atoms with Gasteiger partial charge in [0.1, 0.15) is 5.60 Å². The number of terminal acetylenes is 1. The van der Waals surface area contributed by atoms with Crippen LogP contribution in [-0.2, 0) is 14.3 Å². The molecule has 2 aliphatic rings. The van der Waals surface area contributed by atoms with E-state index in [1.54, 1.807) is 7.11 Å². The Morgan fingerprint density at radius 1 is 1.12 bits per heavy atom. The van der Waals surface area contributed by atoms with Gasteiger partial charge in [-0.15, -0.1) is 6.42 Å². The van der Waals surface area contributed by atoms with E-state index < -0.39 is 5.60 Å². The number of amides is 2. The molecule has 0 atom stereocenters. The maximum Gasteiger partial charge on any atom is 0.254 e. The van der Waals surface area contributed by atoms with E-state index in [-0.39, 0.29) is 18.4 Å². The number of ether oxygens (including phenoxy) is 1. The number of carbonyl (C=O) groups is 2. The molecule has 1 heterocycles. The molecule has 6 heteroatoms. The molecule has 2 rings (SSSR count). The van der Waals surface area contributed by atoms with Crippen molar-refractivity contribution in [1.29, 1.82) is 0 Å². The summed E-state index contributed by atoms with van der Waals surface area (Å²) in [5, 5.41) is 2.68. The molecule has 6 nitrogen and oxygen atoms in total. The van der Waals surface area contributed by atoms with E-state index in [0.717, 1.165) is 45.2 Å². The zero-order valence-electron chi connectivity index (χ0n) is 14.7. The summed E-state index contributed by atoms with van der Waals surface area (Å²) < 4.78 is 5.68. The van der Waals surface area contributed by atoms with E-state index in [1.165, 1.54) is 6.42 Å². The molecule has 0 aromatic carbocycles. The molecule has 0 spiro atoms. The summed E-state index contributed by atoms with van der Waals surface area (Å²) in [7, 11) is 1.66. The number of carbonyl (C=O) groups excluding carboxylic acids is 2. The van der Waals surface area contributed by atoms with Crippen LogP contribution < -0.4 is 5.32 Å². The summed E-state index contributed by atoms with van der Waals surface area (Å²) in [6.07, 6.45) is 10.9. The molecule has 0 radical (unpaired) electrons. The topological polar surface area (TPSA) is 61.9 Å². The van der Waals surface area contributed by atoms with Gasteiger partial charge in [-0.05, 0) is 19.3 Å². The number of rotatable bonds is 5. The number of nitrogens with zero attached hydrogens (tertiary/aromatic N) is 2. The van der Waals surface area contributed by atoms with E-state index in [4.69, 9.17) is 11.2 Å². The van der Waals surface area contributed by atoms with Crippen LogP contribution in [0, 0.1) is 12.3 Å². The molecule has 0 aromatic heterocycles. The molecule has 2 amide bonds. The van der Waals surface area contributed by atoms with Crippen molar-refractivity contribution in [2.75, 3.05) is 46.4 Å². The van der Waals surface area contributed by atoms with Crippen LogP contribution in [-0.4, -0.2) is 73.6 Å². The lowest BCUT2D eigenvalue weighted by Gasteiger charge is -2.38. The van der Waals surface area contributed by atoms with Gasteiger partial charge in [-0.25, -0.2) is 0 Å². The maximum atomic E-state index is 13.0. The van der Waals surface area contributed by atoms with E-state index >= 15 is 0 Å². The molecule has 24 heavy (non-hydrogen) atoms. The monoisotopic (exact) mass is 335 g/mol. The molecule has 2 fully saturated rings. The predicted octanol–water partition coefficient (Wildman–Crippen LogP) is 0.619. The van der Waals surface area contributed by atoms with Crippen LogP contribution in [0.25, 0.3) is 0 Å². The highest BCUT2D eigenvalue weighted by Crippen LogP contribution is 2.33. The van der Waals surface area contributed by atoms with E-state index in [9.17, 15) is 9.59 Å². The Kier molecular flexibility index (Phi) is 7.07. The van der Waals surface area contributed by atoms with Crippen molar-refractivity contribution in [1.82, 2.24) is 15.1 Å². The normalized spacial score (nSPS) is 21.6.